The van der Waals surface area contributed by atoms with E-state index in [1.54, 1.807) is 17.2 Å². The summed E-state index contributed by atoms with van der Waals surface area (Å²) in [6, 6.07) is -0.246. The molecule has 2 atom stereocenters. The molecule has 2 fully saturated rings. The Labute approximate surface area is 146 Å². The number of anilines is 1. The molecule has 2 aliphatic heterocycles. The van der Waals surface area contributed by atoms with Crippen LogP contribution in [0.2, 0.25) is 0 Å². The van der Waals surface area contributed by atoms with Crippen molar-refractivity contribution in [3.63, 3.8) is 0 Å². The molecule has 2 aromatic rings. The van der Waals surface area contributed by atoms with E-state index in [4.69, 9.17) is 4.74 Å². The first kappa shape index (κ1) is 16.2. The highest BCUT2D eigenvalue weighted by molar-refractivity contribution is 5.87. The Hall–Kier alpha value is -2.26. The largest absolute Gasteiger partial charge is 0.375 e. The Bertz CT molecular complexity index is 769. The van der Waals surface area contributed by atoms with Crippen LogP contribution in [-0.2, 0) is 16.6 Å². The molecule has 1 amide bonds. The minimum atomic E-state index is -0.246. The summed E-state index contributed by atoms with van der Waals surface area (Å²) in [6.07, 6.45) is 3.28. The quantitative estimate of drug-likeness (QED) is 0.777. The Balaban J connectivity index is 1.45. The van der Waals surface area contributed by atoms with Crippen molar-refractivity contribution in [3.05, 3.63) is 12.5 Å². The van der Waals surface area contributed by atoms with Crippen molar-refractivity contribution in [1.82, 2.24) is 30.0 Å². The zero-order chi connectivity index (χ0) is 17.4. The van der Waals surface area contributed by atoms with Crippen LogP contribution in [-0.4, -0.2) is 82.0 Å². The second-order valence-corrected chi connectivity index (χ2v) is 6.52. The van der Waals surface area contributed by atoms with Crippen molar-refractivity contribution in [2.24, 2.45) is 7.05 Å². The van der Waals surface area contributed by atoms with Gasteiger partial charge in [0.15, 0.2) is 5.65 Å². The Kier molecular flexibility index (Phi) is 4.26. The van der Waals surface area contributed by atoms with Gasteiger partial charge in [-0.25, -0.2) is 9.97 Å². The maximum absolute atomic E-state index is 12.7. The topological polar surface area (TPSA) is 88.4 Å². The number of aryl methyl sites for hydroxylation is 1. The van der Waals surface area contributed by atoms with E-state index in [1.807, 2.05) is 18.9 Å². The summed E-state index contributed by atoms with van der Waals surface area (Å²) in [7, 11) is 1.87. The van der Waals surface area contributed by atoms with Crippen LogP contribution in [0.15, 0.2) is 12.5 Å². The van der Waals surface area contributed by atoms with E-state index < -0.39 is 0 Å². The summed E-state index contributed by atoms with van der Waals surface area (Å²) in [5.41, 5.74) is 0.820. The van der Waals surface area contributed by atoms with Gasteiger partial charge in [0.1, 0.15) is 18.2 Å². The molecule has 0 saturated carbocycles. The van der Waals surface area contributed by atoms with E-state index in [2.05, 4.69) is 25.3 Å². The molecule has 9 nitrogen and oxygen atoms in total. The molecule has 25 heavy (non-hydrogen) atoms. The third kappa shape index (κ3) is 2.93. The monoisotopic (exact) mass is 345 g/mol. The number of rotatable bonds is 2. The van der Waals surface area contributed by atoms with Crippen LogP contribution in [0.3, 0.4) is 0 Å². The lowest BCUT2D eigenvalue weighted by molar-refractivity contribution is -0.139. The van der Waals surface area contributed by atoms with Crippen LogP contribution in [0, 0.1) is 0 Å². The zero-order valence-electron chi connectivity index (χ0n) is 14.6. The molecule has 2 saturated heterocycles. The van der Waals surface area contributed by atoms with Gasteiger partial charge in [0.05, 0.1) is 24.3 Å². The highest BCUT2D eigenvalue weighted by atomic mass is 16.5. The number of amides is 1. The highest BCUT2D eigenvalue weighted by Gasteiger charge is 2.33. The summed E-state index contributed by atoms with van der Waals surface area (Å²) in [5, 5.41) is 8.48. The molecule has 4 heterocycles. The van der Waals surface area contributed by atoms with Crippen LogP contribution < -0.4 is 10.2 Å². The van der Waals surface area contributed by atoms with Crippen LogP contribution in [0.5, 0.6) is 0 Å². The van der Waals surface area contributed by atoms with Crippen molar-refractivity contribution >= 4 is 22.8 Å². The first-order valence-corrected chi connectivity index (χ1v) is 8.66. The molecule has 0 radical (unpaired) electrons. The van der Waals surface area contributed by atoms with Crippen molar-refractivity contribution in [2.45, 2.75) is 19.1 Å². The molecule has 134 valence electrons. The first-order chi connectivity index (χ1) is 12.1. The van der Waals surface area contributed by atoms with Crippen LogP contribution in [0.25, 0.3) is 11.0 Å². The lowest BCUT2D eigenvalue weighted by Gasteiger charge is -2.39. The maximum atomic E-state index is 12.7. The lowest BCUT2D eigenvalue weighted by atomic mass is 10.1. The number of nitrogens with one attached hydrogen (secondary N) is 1. The molecular formula is C16H23N7O2. The van der Waals surface area contributed by atoms with E-state index in [9.17, 15) is 4.79 Å². The molecule has 2 aromatic heterocycles. The molecule has 9 heteroatoms. The number of piperazine rings is 1. The average Bonchev–Trinajstić information content (AvgIpc) is 3.03. The van der Waals surface area contributed by atoms with E-state index >= 15 is 0 Å². The third-order valence-electron chi connectivity index (χ3n) is 4.98. The standard InChI is InChI=1S/C16H23N7O2/c1-11-13(17-3-8-25-11)16(24)23-6-4-22(5-7-23)15-12-9-20-21(2)14(12)18-10-19-15/h9-11,13,17H,3-8H2,1-2H3/t11-,13+/m1/s1. The summed E-state index contributed by atoms with van der Waals surface area (Å²) < 4.78 is 7.34. The molecule has 4 rings (SSSR count). The van der Waals surface area contributed by atoms with Crippen LogP contribution in [0.1, 0.15) is 6.92 Å². The first-order valence-electron chi connectivity index (χ1n) is 8.66. The average molecular weight is 345 g/mol. The summed E-state index contributed by atoms with van der Waals surface area (Å²) in [4.78, 5) is 25.6. The number of nitrogens with zero attached hydrogens (tertiary/aromatic N) is 6. The van der Waals surface area contributed by atoms with Crippen LogP contribution in [0.4, 0.5) is 5.82 Å². The fourth-order valence-corrected chi connectivity index (χ4v) is 3.55. The van der Waals surface area contributed by atoms with Gasteiger partial charge < -0.3 is 19.9 Å². The molecule has 0 bridgehead atoms. The number of fused-ring (bicyclic) bond motifs is 1. The molecule has 0 aliphatic carbocycles. The highest BCUT2D eigenvalue weighted by Crippen LogP contribution is 2.23. The SMILES string of the molecule is C[C@H]1OCCN[C@@H]1C(=O)N1CCN(c2ncnc3c2cnn3C)CC1. The molecule has 2 aliphatic rings. The van der Waals surface area contributed by atoms with E-state index in [0.717, 1.165) is 36.5 Å². The predicted molar refractivity (Wildman–Crippen MR) is 92.3 cm³/mol. The third-order valence-corrected chi connectivity index (χ3v) is 4.98. The van der Waals surface area contributed by atoms with Crippen molar-refractivity contribution < 1.29 is 9.53 Å². The number of ether oxygens (including phenoxy) is 1. The number of aromatic nitrogens is 4. The number of carbonyl (C=O) groups excluding carboxylic acids is 1. The predicted octanol–water partition coefficient (Wildman–Crippen LogP) is -0.611. The van der Waals surface area contributed by atoms with Crippen molar-refractivity contribution in [2.75, 3.05) is 44.2 Å². The summed E-state index contributed by atoms with van der Waals surface area (Å²) in [5.74, 6) is 1.01. The van der Waals surface area contributed by atoms with Gasteiger partial charge in [-0.15, -0.1) is 0 Å². The van der Waals surface area contributed by atoms with Gasteiger partial charge in [0, 0.05) is 39.8 Å². The molecular weight excluding hydrogens is 322 g/mol. The zero-order valence-corrected chi connectivity index (χ0v) is 14.6. The van der Waals surface area contributed by atoms with Crippen molar-refractivity contribution in [3.8, 4) is 0 Å². The van der Waals surface area contributed by atoms with Gasteiger partial charge in [-0.2, -0.15) is 5.10 Å². The molecule has 0 spiro atoms. The number of morpholine rings is 1. The molecule has 0 aromatic carbocycles. The summed E-state index contributed by atoms with van der Waals surface area (Å²) >= 11 is 0. The van der Waals surface area contributed by atoms with Gasteiger partial charge in [-0.3, -0.25) is 9.48 Å². The number of hydrogen-bond acceptors (Lipinski definition) is 7. The second kappa shape index (κ2) is 6.57. The Morgan fingerprint density at radius 1 is 1.28 bits per heavy atom. The second-order valence-electron chi connectivity index (χ2n) is 6.52. The van der Waals surface area contributed by atoms with Gasteiger partial charge in [-0.05, 0) is 6.92 Å². The minimum absolute atomic E-state index is 0.0869. The Morgan fingerprint density at radius 2 is 2.08 bits per heavy atom. The normalized spacial score (nSPS) is 24.7. The van der Waals surface area contributed by atoms with Crippen molar-refractivity contribution in [1.29, 1.82) is 0 Å². The molecule has 0 unspecified atom stereocenters. The fraction of sp³-hybridized carbons (Fsp3) is 0.625. The van der Waals surface area contributed by atoms with Gasteiger partial charge >= 0.3 is 0 Å². The molecule has 1 N–H and O–H groups in total. The van der Waals surface area contributed by atoms with E-state index in [-0.39, 0.29) is 18.1 Å². The number of carbonyl (C=O) groups is 1. The van der Waals surface area contributed by atoms with E-state index in [0.29, 0.717) is 19.7 Å². The van der Waals surface area contributed by atoms with Gasteiger partial charge in [0.25, 0.3) is 0 Å². The summed E-state index contributed by atoms with van der Waals surface area (Å²) in [6.45, 7) is 6.17. The smallest absolute Gasteiger partial charge is 0.242 e. The lowest BCUT2D eigenvalue weighted by Crippen LogP contribution is -2.59. The van der Waals surface area contributed by atoms with Gasteiger partial charge in [0.2, 0.25) is 5.91 Å². The fourth-order valence-electron chi connectivity index (χ4n) is 3.55. The minimum Gasteiger partial charge on any atom is -0.375 e. The number of hydrogen-bond donors (Lipinski definition) is 1. The Morgan fingerprint density at radius 3 is 2.84 bits per heavy atom. The van der Waals surface area contributed by atoms with Gasteiger partial charge in [-0.1, -0.05) is 0 Å². The maximum Gasteiger partial charge on any atom is 0.242 e. The van der Waals surface area contributed by atoms with Crippen LogP contribution >= 0.6 is 0 Å². The van der Waals surface area contributed by atoms with E-state index in [1.165, 1.54) is 0 Å².